The molecule has 0 aliphatic carbocycles. The monoisotopic (exact) mass is 646 g/mol. The number of carbonyl (C=O) groups excluding carboxylic acids is 4. The van der Waals surface area contributed by atoms with Crippen molar-refractivity contribution in [3.8, 4) is 0 Å². The molecule has 5 aromatic carbocycles. The van der Waals surface area contributed by atoms with Gasteiger partial charge in [-0.15, -0.1) is 0 Å². The summed E-state index contributed by atoms with van der Waals surface area (Å²) in [5, 5.41) is 6.66. The molecule has 0 saturated heterocycles. The van der Waals surface area contributed by atoms with E-state index in [1.54, 1.807) is 0 Å². The Labute approximate surface area is 281 Å². The summed E-state index contributed by atoms with van der Waals surface area (Å²) in [6.07, 6.45) is 7.82. The van der Waals surface area contributed by atoms with Crippen LogP contribution in [0.3, 0.4) is 0 Å². The first kappa shape index (κ1) is 32.2. The fraction of sp³-hybridized carbons (Fsp3) is 0.400. The van der Waals surface area contributed by atoms with E-state index >= 15 is 0 Å². The SMILES string of the molecule is CCCCCCCCOCCCN1C(=O)c2ccc3c4ccc5c6c(ccc(c7ccc(c2c37)C1=O)c64)C(=O)N(CC[N+](C)(C)C)C5=O. The van der Waals surface area contributed by atoms with Crippen LogP contribution in [0.4, 0.5) is 0 Å². The Morgan fingerprint density at radius 2 is 0.896 bits per heavy atom. The van der Waals surface area contributed by atoms with Gasteiger partial charge in [0.1, 0.15) is 0 Å². The number of amides is 4. The van der Waals surface area contributed by atoms with Crippen molar-refractivity contribution in [2.45, 2.75) is 51.9 Å². The van der Waals surface area contributed by atoms with Crippen molar-refractivity contribution in [2.24, 2.45) is 0 Å². The maximum absolute atomic E-state index is 13.8. The number of likely N-dealkylation sites (N-methyl/N-ethyl adjacent to an activating group) is 1. The quantitative estimate of drug-likeness (QED) is 0.0413. The third-order valence-electron chi connectivity index (χ3n) is 10.1. The van der Waals surface area contributed by atoms with Gasteiger partial charge in [0.2, 0.25) is 0 Å². The maximum atomic E-state index is 13.8. The summed E-state index contributed by atoms with van der Waals surface area (Å²) in [6, 6.07) is 15.1. The van der Waals surface area contributed by atoms with E-state index in [0.29, 0.717) is 76.8 Å². The molecule has 2 heterocycles. The van der Waals surface area contributed by atoms with Crippen LogP contribution in [-0.4, -0.2) is 91.9 Å². The van der Waals surface area contributed by atoms with E-state index in [2.05, 4.69) is 6.92 Å². The molecule has 0 N–H and O–H groups in total. The first-order valence-corrected chi connectivity index (χ1v) is 17.4. The lowest BCUT2D eigenvalue weighted by Crippen LogP contribution is -2.47. The topological polar surface area (TPSA) is 84.0 Å². The number of carbonyl (C=O) groups is 4. The van der Waals surface area contributed by atoms with Crippen molar-refractivity contribution in [3.05, 3.63) is 70.8 Å². The van der Waals surface area contributed by atoms with Gasteiger partial charge in [0.05, 0.1) is 34.2 Å². The van der Waals surface area contributed by atoms with Gasteiger partial charge in [-0.3, -0.25) is 29.0 Å². The van der Waals surface area contributed by atoms with Gasteiger partial charge >= 0.3 is 0 Å². The van der Waals surface area contributed by atoms with Crippen molar-refractivity contribution >= 4 is 66.7 Å². The number of hydrogen-bond acceptors (Lipinski definition) is 5. The average molecular weight is 647 g/mol. The van der Waals surface area contributed by atoms with Crippen molar-refractivity contribution in [3.63, 3.8) is 0 Å². The molecule has 8 heteroatoms. The molecule has 4 amide bonds. The van der Waals surface area contributed by atoms with E-state index in [9.17, 15) is 19.2 Å². The summed E-state index contributed by atoms with van der Waals surface area (Å²) in [4.78, 5) is 57.8. The smallest absolute Gasteiger partial charge is 0.261 e. The summed E-state index contributed by atoms with van der Waals surface area (Å²) in [6.45, 7) is 4.72. The normalized spacial score (nSPS) is 15.0. The largest absolute Gasteiger partial charge is 0.381 e. The van der Waals surface area contributed by atoms with Crippen LogP contribution < -0.4 is 0 Å². The molecule has 0 fully saturated rings. The Morgan fingerprint density at radius 1 is 0.500 bits per heavy atom. The van der Waals surface area contributed by atoms with Crippen LogP contribution in [0.5, 0.6) is 0 Å². The number of unbranched alkanes of at least 4 members (excludes halogenated alkanes) is 5. The number of quaternary nitrogens is 1. The van der Waals surface area contributed by atoms with E-state index in [4.69, 9.17) is 4.74 Å². The minimum absolute atomic E-state index is 0.273. The van der Waals surface area contributed by atoms with E-state index in [1.807, 2.05) is 69.7 Å². The maximum Gasteiger partial charge on any atom is 0.261 e. The second-order valence-electron chi connectivity index (χ2n) is 14.4. The van der Waals surface area contributed by atoms with Crippen LogP contribution >= 0.6 is 0 Å². The molecule has 0 aromatic heterocycles. The lowest BCUT2D eigenvalue weighted by molar-refractivity contribution is -0.869. The van der Waals surface area contributed by atoms with Crippen LogP contribution in [-0.2, 0) is 4.74 Å². The van der Waals surface area contributed by atoms with Gasteiger partial charge in [0.15, 0.2) is 0 Å². The van der Waals surface area contributed by atoms with Crippen LogP contribution in [0, 0.1) is 0 Å². The highest BCUT2D eigenvalue weighted by atomic mass is 16.5. The summed E-state index contributed by atoms with van der Waals surface area (Å²) in [5.41, 5.74) is 2.09. The zero-order chi connectivity index (χ0) is 33.7. The zero-order valence-corrected chi connectivity index (χ0v) is 28.5. The van der Waals surface area contributed by atoms with Crippen LogP contribution in [0.1, 0.15) is 93.3 Å². The number of hydrogen-bond donors (Lipinski definition) is 0. The molecule has 2 aliphatic rings. The average Bonchev–Trinajstić information content (AvgIpc) is 3.07. The molecular formula is C40H44N3O5+. The first-order chi connectivity index (χ1) is 23.1. The second kappa shape index (κ2) is 12.6. The predicted octanol–water partition coefficient (Wildman–Crippen LogP) is 7.40. The lowest BCUT2D eigenvalue weighted by Gasteiger charge is -2.32. The van der Waals surface area contributed by atoms with Crippen LogP contribution in [0.25, 0.3) is 43.1 Å². The second-order valence-corrected chi connectivity index (χ2v) is 14.4. The third kappa shape index (κ3) is 5.31. The molecule has 0 bridgehead atoms. The van der Waals surface area contributed by atoms with Gasteiger partial charge in [0, 0.05) is 52.8 Å². The Balaban J connectivity index is 1.20. The molecule has 5 aromatic rings. The number of benzene rings is 5. The first-order valence-electron chi connectivity index (χ1n) is 17.4. The van der Waals surface area contributed by atoms with Crippen LogP contribution in [0.15, 0.2) is 48.5 Å². The Bertz CT molecular complexity index is 1990. The van der Waals surface area contributed by atoms with Crippen molar-refractivity contribution in [1.82, 2.24) is 9.80 Å². The van der Waals surface area contributed by atoms with E-state index in [1.165, 1.54) is 41.9 Å². The molecule has 0 spiro atoms. The molecule has 0 unspecified atom stereocenters. The third-order valence-corrected chi connectivity index (χ3v) is 10.1. The van der Waals surface area contributed by atoms with Crippen molar-refractivity contribution < 1.29 is 28.4 Å². The minimum Gasteiger partial charge on any atom is -0.381 e. The minimum atomic E-state index is -0.284. The number of imide groups is 2. The summed E-state index contributed by atoms with van der Waals surface area (Å²) < 4.78 is 6.46. The highest BCUT2D eigenvalue weighted by molar-refractivity contribution is 6.41. The molecule has 8 nitrogen and oxygen atoms in total. The van der Waals surface area contributed by atoms with Gasteiger partial charge in [0.25, 0.3) is 23.6 Å². The highest BCUT2D eigenvalue weighted by Crippen LogP contribution is 2.46. The van der Waals surface area contributed by atoms with E-state index in [0.717, 1.165) is 38.7 Å². The fourth-order valence-corrected chi connectivity index (χ4v) is 7.59. The molecule has 248 valence electrons. The summed E-state index contributed by atoms with van der Waals surface area (Å²) in [7, 11) is 6.12. The zero-order valence-electron chi connectivity index (χ0n) is 28.5. The van der Waals surface area contributed by atoms with Gasteiger partial charge in [-0.25, -0.2) is 0 Å². The van der Waals surface area contributed by atoms with Gasteiger partial charge < -0.3 is 9.22 Å². The molecule has 7 rings (SSSR count). The molecule has 48 heavy (non-hydrogen) atoms. The molecule has 2 aliphatic heterocycles. The number of ether oxygens (including phenoxy) is 1. The van der Waals surface area contributed by atoms with Crippen LogP contribution in [0.2, 0.25) is 0 Å². The van der Waals surface area contributed by atoms with Crippen molar-refractivity contribution in [1.29, 1.82) is 0 Å². The molecular weight excluding hydrogens is 602 g/mol. The van der Waals surface area contributed by atoms with E-state index < -0.39 is 0 Å². The summed E-state index contributed by atoms with van der Waals surface area (Å²) in [5.74, 6) is -1.11. The molecule has 0 atom stereocenters. The standard InChI is InChI=1S/C40H44N3O5/c1-5-6-7-8-9-10-23-48-24-11-20-41-37(44)29-16-12-25-27-14-18-31-36-32(40(47)42(39(31)46)21-22-43(2,3)4)19-15-28(34(27)36)26-13-17-30(38(41)45)35(29)33(25)26/h12-19H,5-11,20-24H2,1-4H3/q+1. The highest BCUT2D eigenvalue weighted by Gasteiger charge is 2.37. The molecule has 0 saturated carbocycles. The van der Waals surface area contributed by atoms with Gasteiger partial charge in [-0.2, -0.15) is 0 Å². The Kier molecular flexibility index (Phi) is 8.42. The molecule has 0 radical (unpaired) electrons. The lowest BCUT2D eigenvalue weighted by atomic mass is 9.82. The van der Waals surface area contributed by atoms with Gasteiger partial charge in [-0.1, -0.05) is 63.3 Å². The van der Waals surface area contributed by atoms with Gasteiger partial charge in [-0.05, 0) is 69.4 Å². The van der Waals surface area contributed by atoms with Crippen molar-refractivity contribution in [2.75, 3.05) is 54.0 Å². The summed E-state index contributed by atoms with van der Waals surface area (Å²) >= 11 is 0. The number of rotatable bonds is 14. The fourth-order valence-electron chi connectivity index (χ4n) is 7.59. The Morgan fingerprint density at radius 3 is 1.33 bits per heavy atom. The number of nitrogens with zero attached hydrogens (tertiary/aromatic N) is 3. The van der Waals surface area contributed by atoms with E-state index in [-0.39, 0.29) is 23.6 Å². The predicted molar refractivity (Wildman–Crippen MR) is 190 cm³/mol. The number of fused-ring (bicyclic) bond motifs is 2. The Hall–Kier alpha value is -4.40.